The van der Waals surface area contributed by atoms with E-state index >= 15 is 0 Å². The Morgan fingerprint density at radius 2 is 2.12 bits per heavy atom. The normalized spacial score (nSPS) is 15.0. The minimum absolute atomic E-state index is 0.100. The third-order valence-electron chi connectivity index (χ3n) is 4.12. The summed E-state index contributed by atoms with van der Waals surface area (Å²) in [6.45, 7) is 0.570. The minimum atomic E-state index is -0.204. The summed E-state index contributed by atoms with van der Waals surface area (Å²) >= 11 is 1.60. The number of aliphatic hydroxyl groups is 1. The Morgan fingerprint density at radius 3 is 2.83 bits per heavy atom. The lowest BCUT2D eigenvalue weighted by Gasteiger charge is -2.19. The fourth-order valence-electron chi connectivity index (χ4n) is 2.64. The first kappa shape index (κ1) is 16.9. The Balaban J connectivity index is 1.52. The molecule has 1 heterocycles. The third kappa shape index (κ3) is 4.79. The number of nitrogens with zero attached hydrogens (tertiary/aromatic N) is 1. The van der Waals surface area contributed by atoms with Crippen LogP contribution in [0.1, 0.15) is 53.9 Å². The zero-order valence-electron chi connectivity index (χ0n) is 13.6. The maximum absolute atomic E-state index is 12.2. The third-order valence-corrected chi connectivity index (χ3v) is 4.99. The molecule has 0 saturated heterocycles. The van der Waals surface area contributed by atoms with E-state index in [9.17, 15) is 4.79 Å². The van der Waals surface area contributed by atoms with Crippen molar-refractivity contribution in [2.45, 2.75) is 44.2 Å². The standard InChI is InChI=1S/C18H23N3O2S/c22-10-4-7-15(13-5-2-1-3-6-13)21-18(23)19-11-17-20-16(12-24-17)14-8-9-14/h1-3,5-6,12,14-15,22H,4,7-11H2,(H2,19,21,23). The Hall–Kier alpha value is -1.92. The highest BCUT2D eigenvalue weighted by Crippen LogP contribution is 2.40. The van der Waals surface area contributed by atoms with Gasteiger partial charge in [-0.2, -0.15) is 0 Å². The summed E-state index contributed by atoms with van der Waals surface area (Å²) in [5.74, 6) is 0.643. The molecule has 3 N–H and O–H groups in total. The van der Waals surface area contributed by atoms with Crippen LogP contribution in [0.2, 0.25) is 0 Å². The molecule has 1 aromatic heterocycles. The summed E-state index contributed by atoms with van der Waals surface area (Å²) in [6.07, 6.45) is 3.83. The van der Waals surface area contributed by atoms with E-state index in [1.54, 1.807) is 11.3 Å². The van der Waals surface area contributed by atoms with Crippen LogP contribution in [0.15, 0.2) is 35.7 Å². The first-order valence-electron chi connectivity index (χ1n) is 8.40. The number of aliphatic hydroxyl groups excluding tert-OH is 1. The summed E-state index contributed by atoms with van der Waals surface area (Å²) in [6, 6.07) is 9.54. The predicted octanol–water partition coefficient (Wildman–Crippen LogP) is 3.33. The SMILES string of the molecule is O=C(NCc1nc(C2CC2)cs1)NC(CCCO)c1ccccc1. The van der Waals surface area contributed by atoms with Crippen LogP contribution in [0, 0.1) is 0 Å². The van der Waals surface area contributed by atoms with Gasteiger partial charge >= 0.3 is 6.03 Å². The van der Waals surface area contributed by atoms with Gasteiger partial charge in [0.05, 0.1) is 18.3 Å². The van der Waals surface area contributed by atoms with Gasteiger partial charge in [0.25, 0.3) is 0 Å². The fraction of sp³-hybridized carbons (Fsp3) is 0.444. The molecule has 1 unspecified atom stereocenters. The van der Waals surface area contributed by atoms with Gasteiger partial charge < -0.3 is 15.7 Å². The molecule has 0 bridgehead atoms. The summed E-state index contributed by atoms with van der Waals surface area (Å²) in [5.41, 5.74) is 2.22. The molecule has 0 radical (unpaired) electrons. The smallest absolute Gasteiger partial charge is 0.315 e. The molecule has 0 aliphatic heterocycles. The number of hydrogen-bond donors (Lipinski definition) is 3. The van der Waals surface area contributed by atoms with E-state index < -0.39 is 0 Å². The van der Waals surface area contributed by atoms with Crippen molar-refractivity contribution in [2.75, 3.05) is 6.61 Å². The van der Waals surface area contributed by atoms with Gasteiger partial charge in [0.1, 0.15) is 5.01 Å². The summed E-state index contributed by atoms with van der Waals surface area (Å²) in [5, 5.41) is 18.0. The molecule has 5 nitrogen and oxygen atoms in total. The Labute approximate surface area is 146 Å². The number of benzene rings is 1. The largest absolute Gasteiger partial charge is 0.396 e. The number of urea groups is 1. The van der Waals surface area contributed by atoms with Crippen LogP contribution in [0.3, 0.4) is 0 Å². The van der Waals surface area contributed by atoms with Crippen LogP contribution < -0.4 is 10.6 Å². The maximum atomic E-state index is 12.2. The average Bonchev–Trinajstić information content (AvgIpc) is 3.36. The second-order valence-electron chi connectivity index (χ2n) is 6.10. The maximum Gasteiger partial charge on any atom is 0.315 e. The number of aromatic nitrogens is 1. The van der Waals surface area contributed by atoms with Gasteiger partial charge in [0.15, 0.2) is 0 Å². The number of carbonyl (C=O) groups excluding carboxylic acids is 1. The van der Waals surface area contributed by atoms with Gasteiger partial charge in [0.2, 0.25) is 0 Å². The minimum Gasteiger partial charge on any atom is -0.396 e. The molecular formula is C18H23N3O2S. The molecule has 1 aliphatic rings. The molecule has 0 spiro atoms. The van der Waals surface area contributed by atoms with Crippen molar-refractivity contribution in [3.05, 3.63) is 52.0 Å². The lowest BCUT2D eigenvalue weighted by molar-refractivity contribution is 0.232. The highest BCUT2D eigenvalue weighted by Gasteiger charge is 2.26. The molecule has 1 aliphatic carbocycles. The van der Waals surface area contributed by atoms with Crippen molar-refractivity contribution in [3.63, 3.8) is 0 Å². The van der Waals surface area contributed by atoms with Crippen LogP contribution in [0.4, 0.5) is 4.79 Å². The van der Waals surface area contributed by atoms with Gasteiger partial charge in [-0.25, -0.2) is 9.78 Å². The summed E-state index contributed by atoms with van der Waals surface area (Å²) in [7, 11) is 0. The molecule has 2 aromatic rings. The van der Waals surface area contributed by atoms with Crippen molar-refractivity contribution < 1.29 is 9.90 Å². The van der Waals surface area contributed by atoms with E-state index in [-0.39, 0.29) is 18.7 Å². The zero-order valence-corrected chi connectivity index (χ0v) is 14.4. The molecule has 1 saturated carbocycles. The second-order valence-corrected chi connectivity index (χ2v) is 7.04. The first-order valence-corrected chi connectivity index (χ1v) is 9.28. The fourth-order valence-corrected chi connectivity index (χ4v) is 3.46. The molecule has 24 heavy (non-hydrogen) atoms. The van der Waals surface area contributed by atoms with Crippen molar-refractivity contribution in [1.29, 1.82) is 0 Å². The number of rotatable bonds is 8. The summed E-state index contributed by atoms with van der Waals surface area (Å²) < 4.78 is 0. The first-order chi connectivity index (χ1) is 11.8. The number of carbonyl (C=O) groups is 1. The van der Waals surface area contributed by atoms with Gasteiger partial charge in [-0.15, -0.1) is 11.3 Å². The molecule has 128 valence electrons. The van der Waals surface area contributed by atoms with E-state index in [4.69, 9.17) is 5.11 Å². The van der Waals surface area contributed by atoms with Crippen LogP contribution in [-0.2, 0) is 6.54 Å². The van der Waals surface area contributed by atoms with Crippen LogP contribution in [-0.4, -0.2) is 22.7 Å². The Kier molecular flexibility index (Phi) is 5.82. The van der Waals surface area contributed by atoms with Gasteiger partial charge in [-0.05, 0) is 31.2 Å². The highest BCUT2D eigenvalue weighted by molar-refractivity contribution is 7.09. The topological polar surface area (TPSA) is 74.2 Å². The average molecular weight is 345 g/mol. The van der Waals surface area contributed by atoms with Crippen molar-refractivity contribution in [3.8, 4) is 0 Å². The second kappa shape index (κ2) is 8.26. The highest BCUT2D eigenvalue weighted by atomic mass is 32.1. The molecule has 1 aromatic carbocycles. The van der Waals surface area contributed by atoms with E-state index in [1.807, 2.05) is 30.3 Å². The molecule has 1 atom stereocenters. The lowest BCUT2D eigenvalue weighted by atomic mass is 10.0. The van der Waals surface area contributed by atoms with Crippen LogP contribution in [0.5, 0.6) is 0 Å². The lowest BCUT2D eigenvalue weighted by Crippen LogP contribution is -2.37. The molecule has 2 amide bonds. The number of hydrogen-bond acceptors (Lipinski definition) is 4. The van der Waals surface area contributed by atoms with Crippen molar-refractivity contribution in [2.24, 2.45) is 0 Å². The van der Waals surface area contributed by atoms with E-state index in [2.05, 4.69) is 21.0 Å². The molecule has 1 fully saturated rings. The predicted molar refractivity (Wildman–Crippen MR) is 95.0 cm³/mol. The van der Waals surface area contributed by atoms with E-state index in [0.717, 1.165) is 10.6 Å². The quantitative estimate of drug-likeness (QED) is 0.687. The van der Waals surface area contributed by atoms with Crippen molar-refractivity contribution in [1.82, 2.24) is 15.6 Å². The monoisotopic (exact) mass is 345 g/mol. The summed E-state index contributed by atoms with van der Waals surface area (Å²) in [4.78, 5) is 16.8. The Bertz CT molecular complexity index is 655. The molecular weight excluding hydrogens is 322 g/mol. The number of thiazole rings is 1. The Morgan fingerprint density at radius 1 is 1.33 bits per heavy atom. The van der Waals surface area contributed by atoms with Crippen LogP contribution >= 0.6 is 11.3 Å². The van der Waals surface area contributed by atoms with Crippen molar-refractivity contribution >= 4 is 17.4 Å². The van der Waals surface area contributed by atoms with Gasteiger partial charge in [0, 0.05) is 17.9 Å². The number of amides is 2. The van der Waals surface area contributed by atoms with Gasteiger partial charge in [-0.3, -0.25) is 0 Å². The van der Waals surface area contributed by atoms with E-state index in [0.29, 0.717) is 25.3 Å². The molecule has 6 heteroatoms. The van der Waals surface area contributed by atoms with E-state index in [1.165, 1.54) is 18.5 Å². The number of nitrogens with one attached hydrogen (secondary N) is 2. The molecule has 3 rings (SSSR count). The van der Waals surface area contributed by atoms with Gasteiger partial charge in [-0.1, -0.05) is 30.3 Å². The zero-order chi connectivity index (χ0) is 16.8. The van der Waals surface area contributed by atoms with Crippen LogP contribution in [0.25, 0.3) is 0 Å².